The minimum absolute atomic E-state index is 0.0860. The summed E-state index contributed by atoms with van der Waals surface area (Å²) in [6.07, 6.45) is 11.7. The molecule has 2 aromatic heterocycles. The summed E-state index contributed by atoms with van der Waals surface area (Å²) in [5.41, 5.74) is 2.54. The summed E-state index contributed by atoms with van der Waals surface area (Å²) in [5, 5.41) is 1.29. The van der Waals surface area contributed by atoms with Gasteiger partial charge in [-0.2, -0.15) is 0 Å². The standard InChI is InChI=1S/C27H32N4OS/c1-2-3-13-23-28-26(25-21-11-7-8-12-22(21)33-27(25)29-23)31-18-16-30(17-19-31)24(32)15-14-20-9-5-4-6-10-20/h4-6,9-10,14-15H,2-3,7-8,11-13,16-19H2,1H3/b15-14+. The van der Waals surface area contributed by atoms with Crippen LogP contribution in [0.5, 0.6) is 0 Å². The average Bonchev–Trinajstić information content (AvgIpc) is 3.25. The Bertz CT molecular complexity index is 1150. The van der Waals surface area contributed by atoms with E-state index in [0.29, 0.717) is 0 Å². The normalized spacial score (nSPS) is 16.5. The molecule has 0 unspecified atom stereocenters. The summed E-state index contributed by atoms with van der Waals surface area (Å²) in [6, 6.07) is 9.99. The summed E-state index contributed by atoms with van der Waals surface area (Å²) in [5.74, 6) is 2.17. The predicted molar refractivity (Wildman–Crippen MR) is 137 cm³/mol. The molecule has 0 N–H and O–H groups in total. The molecule has 1 saturated heterocycles. The molecule has 0 atom stereocenters. The van der Waals surface area contributed by atoms with Crippen LogP contribution < -0.4 is 4.90 Å². The maximum Gasteiger partial charge on any atom is 0.246 e. The number of anilines is 1. The van der Waals surface area contributed by atoms with Crippen molar-refractivity contribution in [2.45, 2.75) is 51.9 Å². The molecule has 3 aromatic rings. The van der Waals surface area contributed by atoms with Gasteiger partial charge in [0.25, 0.3) is 0 Å². The molecular formula is C27H32N4OS. The smallest absolute Gasteiger partial charge is 0.246 e. The van der Waals surface area contributed by atoms with Gasteiger partial charge in [-0.25, -0.2) is 9.97 Å². The summed E-state index contributed by atoms with van der Waals surface area (Å²) in [6.45, 7) is 5.29. The van der Waals surface area contributed by atoms with Crippen molar-refractivity contribution >= 4 is 39.4 Å². The van der Waals surface area contributed by atoms with Gasteiger partial charge < -0.3 is 9.80 Å². The average molecular weight is 461 g/mol. The summed E-state index contributed by atoms with van der Waals surface area (Å²) in [4.78, 5) is 29.8. The van der Waals surface area contributed by atoms with E-state index in [1.54, 1.807) is 6.08 Å². The molecule has 2 aliphatic rings. The highest BCUT2D eigenvalue weighted by atomic mass is 32.1. The number of rotatable bonds is 6. The monoisotopic (exact) mass is 460 g/mol. The van der Waals surface area contributed by atoms with Crippen LogP contribution in [0.3, 0.4) is 0 Å². The van der Waals surface area contributed by atoms with Gasteiger partial charge in [0, 0.05) is 43.6 Å². The fraction of sp³-hybridized carbons (Fsp3) is 0.444. The van der Waals surface area contributed by atoms with E-state index in [9.17, 15) is 4.79 Å². The highest BCUT2D eigenvalue weighted by molar-refractivity contribution is 7.19. The molecular weight excluding hydrogens is 428 g/mol. The molecule has 1 fully saturated rings. The Kier molecular flexibility index (Phi) is 6.72. The van der Waals surface area contributed by atoms with Gasteiger partial charge in [-0.1, -0.05) is 43.7 Å². The molecule has 1 aromatic carbocycles. The van der Waals surface area contributed by atoms with Gasteiger partial charge in [0.2, 0.25) is 5.91 Å². The van der Waals surface area contributed by atoms with Crippen LogP contribution in [0.15, 0.2) is 36.4 Å². The molecule has 172 valence electrons. The van der Waals surface area contributed by atoms with Crippen molar-refractivity contribution in [1.29, 1.82) is 0 Å². The lowest BCUT2D eigenvalue weighted by atomic mass is 9.97. The van der Waals surface area contributed by atoms with Crippen LogP contribution in [-0.4, -0.2) is 47.0 Å². The fourth-order valence-corrected chi connectivity index (χ4v) is 6.11. The molecule has 1 aliphatic carbocycles. The highest BCUT2D eigenvalue weighted by Gasteiger charge is 2.27. The Morgan fingerprint density at radius 3 is 2.64 bits per heavy atom. The molecule has 1 amide bonds. The first-order valence-electron chi connectivity index (χ1n) is 12.3. The number of aryl methyl sites for hydroxylation is 3. The number of carbonyl (C=O) groups is 1. The zero-order chi connectivity index (χ0) is 22.6. The number of hydrogen-bond acceptors (Lipinski definition) is 5. The Morgan fingerprint density at radius 1 is 1.06 bits per heavy atom. The topological polar surface area (TPSA) is 49.3 Å². The van der Waals surface area contributed by atoms with Crippen molar-refractivity contribution in [3.8, 4) is 0 Å². The number of nitrogens with zero attached hydrogens (tertiary/aromatic N) is 4. The quantitative estimate of drug-likeness (QED) is 0.470. The van der Waals surface area contributed by atoms with E-state index in [2.05, 4.69) is 11.8 Å². The zero-order valence-electron chi connectivity index (χ0n) is 19.4. The molecule has 5 nitrogen and oxygen atoms in total. The lowest BCUT2D eigenvalue weighted by Crippen LogP contribution is -2.48. The lowest BCUT2D eigenvalue weighted by Gasteiger charge is -2.35. The van der Waals surface area contributed by atoms with E-state index in [1.165, 1.54) is 39.9 Å². The van der Waals surface area contributed by atoms with Crippen LogP contribution >= 0.6 is 11.3 Å². The molecule has 3 heterocycles. The third kappa shape index (κ3) is 4.81. The third-order valence-corrected chi connectivity index (χ3v) is 7.89. The van der Waals surface area contributed by atoms with Crippen molar-refractivity contribution in [3.05, 3.63) is 58.2 Å². The van der Waals surface area contributed by atoms with E-state index in [-0.39, 0.29) is 5.91 Å². The van der Waals surface area contributed by atoms with Crippen molar-refractivity contribution in [2.75, 3.05) is 31.1 Å². The molecule has 0 radical (unpaired) electrons. The van der Waals surface area contributed by atoms with Crippen LogP contribution in [0.4, 0.5) is 5.82 Å². The second-order valence-corrected chi connectivity index (χ2v) is 10.1. The lowest BCUT2D eigenvalue weighted by molar-refractivity contribution is -0.126. The Hall–Kier alpha value is -2.73. The number of fused-ring (bicyclic) bond motifs is 3. The van der Waals surface area contributed by atoms with E-state index in [1.807, 2.05) is 52.6 Å². The molecule has 5 rings (SSSR count). The van der Waals surface area contributed by atoms with Crippen LogP contribution in [0.2, 0.25) is 0 Å². The maximum atomic E-state index is 12.7. The number of carbonyl (C=O) groups excluding carboxylic acids is 1. The van der Waals surface area contributed by atoms with Crippen LogP contribution in [-0.2, 0) is 24.1 Å². The third-order valence-electron chi connectivity index (χ3n) is 6.70. The number of thiophene rings is 1. The van der Waals surface area contributed by atoms with Gasteiger partial charge in [0.15, 0.2) is 0 Å². The van der Waals surface area contributed by atoms with Crippen molar-refractivity contribution in [1.82, 2.24) is 14.9 Å². The highest BCUT2D eigenvalue weighted by Crippen LogP contribution is 2.40. The number of benzene rings is 1. The molecule has 33 heavy (non-hydrogen) atoms. The largest absolute Gasteiger partial charge is 0.352 e. The zero-order valence-corrected chi connectivity index (χ0v) is 20.2. The molecule has 0 spiro atoms. The summed E-state index contributed by atoms with van der Waals surface area (Å²) in [7, 11) is 0. The van der Waals surface area contributed by atoms with Gasteiger partial charge in [-0.15, -0.1) is 11.3 Å². The first-order valence-corrected chi connectivity index (χ1v) is 13.1. The van der Waals surface area contributed by atoms with Gasteiger partial charge >= 0.3 is 0 Å². The first kappa shape index (κ1) is 22.1. The Morgan fingerprint density at radius 2 is 1.85 bits per heavy atom. The van der Waals surface area contributed by atoms with Crippen LogP contribution in [0.25, 0.3) is 16.3 Å². The van der Waals surface area contributed by atoms with Gasteiger partial charge in [-0.3, -0.25) is 4.79 Å². The number of aromatic nitrogens is 2. The number of hydrogen-bond donors (Lipinski definition) is 0. The van der Waals surface area contributed by atoms with Gasteiger partial charge in [-0.05, 0) is 49.3 Å². The van der Waals surface area contributed by atoms with E-state index < -0.39 is 0 Å². The van der Waals surface area contributed by atoms with Gasteiger partial charge in [0.05, 0.1) is 5.39 Å². The van der Waals surface area contributed by atoms with Crippen molar-refractivity contribution in [3.63, 3.8) is 0 Å². The van der Waals surface area contributed by atoms with E-state index in [4.69, 9.17) is 9.97 Å². The second kappa shape index (κ2) is 10.0. The number of unbranched alkanes of at least 4 members (excludes halogenated alkanes) is 1. The summed E-state index contributed by atoms with van der Waals surface area (Å²) >= 11 is 1.88. The number of piperazine rings is 1. The first-order chi connectivity index (χ1) is 16.2. The molecule has 1 aliphatic heterocycles. The van der Waals surface area contributed by atoms with Crippen molar-refractivity contribution < 1.29 is 4.79 Å². The van der Waals surface area contributed by atoms with Gasteiger partial charge in [0.1, 0.15) is 16.5 Å². The minimum Gasteiger partial charge on any atom is -0.352 e. The second-order valence-electron chi connectivity index (χ2n) is 9.01. The van der Waals surface area contributed by atoms with E-state index in [0.717, 1.165) is 69.1 Å². The number of amides is 1. The maximum absolute atomic E-state index is 12.7. The molecule has 6 heteroatoms. The molecule has 0 saturated carbocycles. The predicted octanol–water partition coefficient (Wildman–Crippen LogP) is 5.27. The molecule has 0 bridgehead atoms. The fourth-order valence-electron chi connectivity index (χ4n) is 4.83. The van der Waals surface area contributed by atoms with E-state index >= 15 is 0 Å². The Labute approximate surface area is 200 Å². The van der Waals surface area contributed by atoms with Crippen molar-refractivity contribution in [2.24, 2.45) is 0 Å². The van der Waals surface area contributed by atoms with Crippen LogP contribution in [0, 0.1) is 0 Å². The minimum atomic E-state index is 0.0860. The Balaban J connectivity index is 1.35. The SMILES string of the molecule is CCCCc1nc(N2CCN(C(=O)/C=C/c3ccccc3)CC2)c2c3c(sc2n1)CCCC3. The van der Waals surface area contributed by atoms with Crippen LogP contribution in [0.1, 0.15) is 54.4 Å². The summed E-state index contributed by atoms with van der Waals surface area (Å²) < 4.78 is 0.